The van der Waals surface area contributed by atoms with Gasteiger partial charge in [0.25, 0.3) is 15.9 Å². The van der Waals surface area contributed by atoms with Crippen molar-refractivity contribution in [2.45, 2.75) is 17.7 Å². The highest BCUT2D eigenvalue weighted by atomic mass is 35.5. The van der Waals surface area contributed by atoms with Gasteiger partial charge in [0.2, 0.25) is 0 Å². The van der Waals surface area contributed by atoms with E-state index >= 15 is 0 Å². The van der Waals surface area contributed by atoms with Gasteiger partial charge < -0.3 is 4.90 Å². The molecule has 0 bridgehead atoms. The number of aryl methyl sites for hydroxylation is 1. The molecule has 1 heterocycles. The first-order valence-corrected chi connectivity index (χ1v) is 11.1. The molecule has 0 atom stereocenters. The van der Waals surface area contributed by atoms with Gasteiger partial charge in [-0.25, -0.2) is 8.42 Å². The van der Waals surface area contributed by atoms with Crippen molar-refractivity contribution in [2.24, 2.45) is 0 Å². The number of anilines is 2. The maximum atomic E-state index is 12.9. The molecule has 0 radical (unpaired) electrons. The first kappa shape index (κ1) is 19.5. The number of hydrogen-bond donors (Lipinski definition) is 1. The summed E-state index contributed by atoms with van der Waals surface area (Å²) in [5, 5.41) is 0.571. The summed E-state index contributed by atoms with van der Waals surface area (Å²) in [6, 6.07) is 20.4. The number of rotatable bonds is 4. The topological polar surface area (TPSA) is 66.5 Å². The van der Waals surface area contributed by atoms with E-state index in [4.69, 9.17) is 11.6 Å². The molecule has 5 nitrogen and oxygen atoms in total. The molecule has 29 heavy (non-hydrogen) atoms. The smallest absolute Gasteiger partial charge is 0.261 e. The molecule has 148 valence electrons. The molecule has 0 unspecified atom stereocenters. The lowest BCUT2D eigenvalue weighted by Gasteiger charge is -2.30. The zero-order chi connectivity index (χ0) is 20.4. The Bertz CT molecular complexity index is 1150. The average Bonchev–Trinajstić information content (AvgIpc) is 2.73. The van der Waals surface area contributed by atoms with Crippen LogP contribution in [-0.2, 0) is 16.4 Å². The molecule has 1 aliphatic heterocycles. The summed E-state index contributed by atoms with van der Waals surface area (Å²) in [5.41, 5.74) is 2.64. The van der Waals surface area contributed by atoms with Crippen molar-refractivity contribution in [2.75, 3.05) is 16.2 Å². The minimum Gasteiger partial charge on any atom is -0.308 e. The van der Waals surface area contributed by atoms with E-state index in [1.165, 1.54) is 6.07 Å². The Morgan fingerprint density at radius 3 is 2.41 bits per heavy atom. The van der Waals surface area contributed by atoms with Crippen LogP contribution in [0.1, 0.15) is 22.3 Å². The van der Waals surface area contributed by atoms with E-state index in [2.05, 4.69) is 4.72 Å². The van der Waals surface area contributed by atoms with Crippen LogP contribution in [0.4, 0.5) is 11.4 Å². The summed E-state index contributed by atoms with van der Waals surface area (Å²) in [4.78, 5) is 14.8. The highest BCUT2D eigenvalue weighted by Crippen LogP contribution is 2.31. The summed E-state index contributed by atoms with van der Waals surface area (Å²) in [6.07, 6.45) is 1.48. The monoisotopic (exact) mass is 426 g/mol. The van der Waals surface area contributed by atoms with Crippen LogP contribution >= 0.6 is 11.6 Å². The number of carbonyl (C=O) groups excluding carboxylic acids is 1. The van der Waals surface area contributed by atoms with Crippen molar-refractivity contribution >= 4 is 38.9 Å². The van der Waals surface area contributed by atoms with E-state index in [9.17, 15) is 13.2 Å². The Morgan fingerprint density at radius 1 is 0.966 bits per heavy atom. The summed E-state index contributed by atoms with van der Waals surface area (Å²) >= 11 is 5.91. The Labute approximate surface area is 175 Å². The second-order valence-corrected chi connectivity index (χ2v) is 8.95. The van der Waals surface area contributed by atoms with Crippen LogP contribution in [0.2, 0.25) is 5.02 Å². The zero-order valence-corrected chi connectivity index (χ0v) is 17.1. The SMILES string of the molecule is O=C(c1ccc(Cl)cc1)N1CCCc2cc(S(=O)(=O)Nc3ccccc3)ccc21. The molecule has 4 rings (SSSR count). The van der Waals surface area contributed by atoms with Gasteiger partial charge in [0.05, 0.1) is 4.90 Å². The molecular weight excluding hydrogens is 408 g/mol. The standard InChI is InChI=1S/C22H19ClN2O3S/c23-18-10-8-16(9-11-18)22(26)25-14-4-5-17-15-20(12-13-21(17)25)29(27,28)24-19-6-2-1-3-7-19/h1-3,6-13,15,24H,4-5,14H2. The largest absolute Gasteiger partial charge is 0.308 e. The van der Waals surface area contributed by atoms with Crippen molar-refractivity contribution < 1.29 is 13.2 Å². The molecule has 0 saturated carbocycles. The number of carbonyl (C=O) groups is 1. The van der Waals surface area contributed by atoms with Crippen LogP contribution in [0.3, 0.4) is 0 Å². The van der Waals surface area contributed by atoms with Crippen molar-refractivity contribution in [1.29, 1.82) is 0 Å². The molecule has 0 fully saturated rings. The Morgan fingerprint density at radius 2 is 1.69 bits per heavy atom. The molecule has 7 heteroatoms. The number of para-hydroxylation sites is 1. The fourth-order valence-corrected chi connectivity index (χ4v) is 4.66. The van der Waals surface area contributed by atoms with Crippen molar-refractivity contribution in [3.05, 3.63) is 88.9 Å². The Hall–Kier alpha value is -2.83. The van der Waals surface area contributed by atoms with Crippen LogP contribution < -0.4 is 9.62 Å². The van der Waals surface area contributed by atoms with Gasteiger partial charge in [0.15, 0.2) is 0 Å². The highest BCUT2D eigenvalue weighted by molar-refractivity contribution is 7.92. The van der Waals surface area contributed by atoms with E-state index in [0.717, 1.165) is 17.7 Å². The van der Waals surface area contributed by atoms with Gasteiger partial charge in [0, 0.05) is 28.5 Å². The maximum Gasteiger partial charge on any atom is 0.261 e. The van der Waals surface area contributed by atoms with Gasteiger partial charge in [0.1, 0.15) is 0 Å². The van der Waals surface area contributed by atoms with Gasteiger partial charge >= 0.3 is 0 Å². The van der Waals surface area contributed by atoms with Crippen molar-refractivity contribution in [1.82, 2.24) is 0 Å². The van der Waals surface area contributed by atoms with Crippen LogP contribution in [0.25, 0.3) is 0 Å². The Kier molecular flexibility index (Phi) is 5.30. The first-order chi connectivity index (χ1) is 13.9. The molecular formula is C22H19ClN2O3S. The third-order valence-corrected chi connectivity index (χ3v) is 6.47. The van der Waals surface area contributed by atoms with E-state index in [1.807, 2.05) is 6.07 Å². The predicted octanol–water partition coefficient (Wildman–Crippen LogP) is 4.73. The van der Waals surface area contributed by atoms with E-state index in [1.54, 1.807) is 65.6 Å². The van der Waals surface area contributed by atoms with E-state index < -0.39 is 10.0 Å². The second-order valence-electron chi connectivity index (χ2n) is 6.83. The summed E-state index contributed by atoms with van der Waals surface area (Å²) in [5.74, 6) is -0.124. The number of hydrogen-bond acceptors (Lipinski definition) is 3. The summed E-state index contributed by atoms with van der Waals surface area (Å²) < 4.78 is 28.1. The van der Waals surface area contributed by atoms with E-state index in [0.29, 0.717) is 29.2 Å². The fourth-order valence-electron chi connectivity index (χ4n) is 3.42. The molecule has 3 aromatic rings. The van der Waals surface area contributed by atoms with Gasteiger partial charge in [-0.05, 0) is 73.0 Å². The molecule has 0 aliphatic carbocycles. The van der Waals surface area contributed by atoms with Crippen molar-refractivity contribution in [3.8, 4) is 0 Å². The van der Waals surface area contributed by atoms with Gasteiger partial charge in [-0.15, -0.1) is 0 Å². The molecule has 1 amide bonds. The number of nitrogens with zero attached hydrogens (tertiary/aromatic N) is 1. The lowest BCUT2D eigenvalue weighted by molar-refractivity contribution is 0.0985. The lowest BCUT2D eigenvalue weighted by Crippen LogP contribution is -2.35. The number of benzene rings is 3. The quantitative estimate of drug-likeness (QED) is 0.655. The third kappa shape index (κ3) is 4.13. The molecule has 0 saturated heterocycles. The van der Waals surface area contributed by atoms with Crippen LogP contribution in [0, 0.1) is 0 Å². The minimum absolute atomic E-state index is 0.124. The summed E-state index contributed by atoms with van der Waals surface area (Å²) in [6.45, 7) is 0.586. The third-order valence-electron chi connectivity index (χ3n) is 4.84. The highest BCUT2D eigenvalue weighted by Gasteiger charge is 2.25. The minimum atomic E-state index is -3.71. The Balaban J connectivity index is 1.63. The van der Waals surface area contributed by atoms with Crippen LogP contribution in [-0.4, -0.2) is 20.9 Å². The zero-order valence-electron chi connectivity index (χ0n) is 15.5. The maximum absolute atomic E-state index is 12.9. The number of halogens is 1. The second kappa shape index (κ2) is 7.89. The number of fused-ring (bicyclic) bond motifs is 1. The molecule has 1 N–H and O–H groups in total. The summed E-state index contributed by atoms with van der Waals surface area (Å²) in [7, 11) is -3.71. The van der Waals surface area contributed by atoms with Gasteiger partial charge in [-0.2, -0.15) is 0 Å². The van der Waals surface area contributed by atoms with Crippen LogP contribution in [0.15, 0.2) is 77.7 Å². The lowest BCUT2D eigenvalue weighted by atomic mass is 10.0. The molecule has 0 aromatic heterocycles. The average molecular weight is 427 g/mol. The van der Waals surface area contributed by atoms with Gasteiger partial charge in [-0.3, -0.25) is 9.52 Å². The molecule has 1 aliphatic rings. The number of amides is 1. The van der Waals surface area contributed by atoms with Gasteiger partial charge in [-0.1, -0.05) is 29.8 Å². The van der Waals surface area contributed by atoms with Crippen molar-refractivity contribution in [3.63, 3.8) is 0 Å². The number of nitrogens with one attached hydrogen (secondary N) is 1. The fraction of sp³-hybridized carbons (Fsp3) is 0.136. The number of sulfonamides is 1. The molecule has 3 aromatic carbocycles. The van der Waals surface area contributed by atoms with E-state index in [-0.39, 0.29) is 10.8 Å². The molecule has 0 spiro atoms. The normalized spacial score (nSPS) is 13.6. The predicted molar refractivity (Wildman–Crippen MR) is 115 cm³/mol. The first-order valence-electron chi connectivity index (χ1n) is 9.22. The van der Waals surface area contributed by atoms with Crippen LogP contribution in [0.5, 0.6) is 0 Å².